The second kappa shape index (κ2) is 6.99. The molecule has 0 saturated heterocycles. The van der Waals surface area contributed by atoms with Crippen LogP contribution in [0, 0.1) is 24.5 Å². The molecule has 2 N–H and O–H groups in total. The Balaban J connectivity index is 2.02. The van der Waals surface area contributed by atoms with Gasteiger partial charge in [0, 0.05) is 16.6 Å². The van der Waals surface area contributed by atoms with Gasteiger partial charge >= 0.3 is 5.97 Å². The van der Waals surface area contributed by atoms with E-state index in [1.165, 1.54) is 28.8 Å². The van der Waals surface area contributed by atoms with Crippen molar-refractivity contribution in [2.45, 2.75) is 32.1 Å². The third-order valence-corrected chi connectivity index (χ3v) is 5.81. The van der Waals surface area contributed by atoms with Crippen LogP contribution in [0.15, 0.2) is 36.4 Å². The summed E-state index contributed by atoms with van der Waals surface area (Å²) in [7, 11) is 0. The number of aromatic hydroxyl groups is 1. The Labute approximate surface area is 165 Å². The van der Waals surface area contributed by atoms with E-state index in [9.17, 15) is 28.6 Å². The van der Waals surface area contributed by atoms with Gasteiger partial charge in [0.05, 0.1) is 11.4 Å². The number of hydrogen-bond donors (Lipinski definition) is 2. The Morgan fingerprint density at radius 1 is 1.17 bits per heavy atom. The molecule has 3 aromatic rings. The number of hydrogen-bond acceptors (Lipinski definition) is 3. The van der Waals surface area contributed by atoms with Gasteiger partial charge in [0.25, 0.3) is 5.91 Å². The van der Waals surface area contributed by atoms with Crippen LogP contribution in [0.3, 0.4) is 0 Å². The van der Waals surface area contributed by atoms with E-state index in [4.69, 9.17) is 0 Å². The van der Waals surface area contributed by atoms with E-state index in [2.05, 4.69) is 0 Å². The number of rotatable bonds is 4. The van der Waals surface area contributed by atoms with Crippen LogP contribution in [-0.2, 0) is 4.79 Å². The highest BCUT2D eigenvalue weighted by atomic mass is 19.1. The van der Waals surface area contributed by atoms with Crippen molar-refractivity contribution in [1.29, 1.82) is 0 Å². The molecule has 1 aliphatic carbocycles. The molecule has 2 aromatic carbocycles. The second-order valence-corrected chi connectivity index (χ2v) is 7.45. The summed E-state index contributed by atoms with van der Waals surface area (Å²) in [5.74, 6) is -5.03. The number of phenolic OH excluding ortho intramolecular Hbond substituents is 1. The number of carboxylic acid groups (broad SMARTS) is 1. The fourth-order valence-corrected chi connectivity index (χ4v) is 4.21. The van der Waals surface area contributed by atoms with Gasteiger partial charge in [-0.1, -0.05) is 12.5 Å². The zero-order valence-electron chi connectivity index (χ0n) is 15.7. The third-order valence-electron chi connectivity index (χ3n) is 5.81. The SMILES string of the molecule is Cc1c(C(C(=O)O)C2CCC2)c2c(F)c(O)ccc2n1C(=O)c1cccc(F)c1. The Bertz CT molecular complexity index is 1150. The maximum absolute atomic E-state index is 15.0. The van der Waals surface area contributed by atoms with E-state index in [0.29, 0.717) is 12.8 Å². The Morgan fingerprint density at radius 2 is 1.90 bits per heavy atom. The fraction of sp³-hybridized carbons (Fsp3) is 0.273. The van der Waals surface area contributed by atoms with Crippen LogP contribution in [-0.4, -0.2) is 26.7 Å². The molecule has 1 unspecified atom stereocenters. The number of carboxylic acids is 1. The average molecular weight is 399 g/mol. The number of aliphatic carboxylic acids is 1. The minimum absolute atomic E-state index is 0.0561. The molecule has 0 aliphatic heterocycles. The van der Waals surface area contributed by atoms with Crippen molar-refractivity contribution in [3.05, 3.63) is 64.9 Å². The molecule has 150 valence electrons. The zero-order valence-corrected chi connectivity index (χ0v) is 15.7. The van der Waals surface area contributed by atoms with Gasteiger partial charge in [-0.25, -0.2) is 8.78 Å². The van der Waals surface area contributed by atoms with Crippen LogP contribution in [0.25, 0.3) is 10.9 Å². The summed E-state index contributed by atoms with van der Waals surface area (Å²) in [6, 6.07) is 7.61. The largest absolute Gasteiger partial charge is 0.505 e. The first kappa shape index (κ1) is 19.1. The number of carbonyl (C=O) groups is 2. The van der Waals surface area contributed by atoms with E-state index in [-0.39, 0.29) is 33.6 Å². The second-order valence-electron chi connectivity index (χ2n) is 7.45. The van der Waals surface area contributed by atoms with E-state index < -0.39 is 35.2 Å². The maximum atomic E-state index is 15.0. The zero-order chi connectivity index (χ0) is 20.9. The molecule has 0 spiro atoms. The molecule has 1 heterocycles. The number of nitrogens with zero attached hydrogens (tertiary/aromatic N) is 1. The molecule has 1 aromatic heterocycles. The van der Waals surface area contributed by atoms with Gasteiger partial charge in [0.1, 0.15) is 5.82 Å². The van der Waals surface area contributed by atoms with E-state index >= 15 is 0 Å². The first-order chi connectivity index (χ1) is 13.8. The van der Waals surface area contributed by atoms with Crippen molar-refractivity contribution in [2.24, 2.45) is 5.92 Å². The lowest BCUT2D eigenvalue weighted by Gasteiger charge is -2.31. The quantitative estimate of drug-likeness (QED) is 0.673. The molecule has 1 fully saturated rings. The van der Waals surface area contributed by atoms with Gasteiger partial charge in [0.2, 0.25) is 0 Å². The summed E-state index contributed by atoms with van der Waals surface area (Å²) in [4.78, 5) is 25.2. The predicted octanol–water partition coefficient (Wildman–Crippen LogP) is 4.59. The summed E-state index contributed by atoms with van der Waals surface area (Å²) in [6.07, 6.45) is 2.28. The summed E-state index contributed by atoms with van der Waals surface area (Å²) in [6.45, 7) is 1.55. The van der Waals surface area contributed by atoms with Crippen molar-refractivity contribution < 1.29 is 28.6 Å². The van der Waals surface area contributed by atoms with Crippen LogP contribution in [0.4, 0.5) is 8.78 Å². The van der Waals surface area contributed by atoms with E-state index in [1.54, 1.807) is 6.92 Å². The number of halogens is 2. The highest BCUT2D eigenvalue weighted by Crippen LogP contribution is 2.45. The molecule has 0 bridgehead atoms. The topological polar surface area (TPSA) is 79.5 Å². The first-order valence-electron chi connectivity index (χ1n) is 9.36. The number of carbonyl (C=O) groups excluding carboxylic acids is 1. The molecular weight excluding hydrogens is 380 g/mol. The molecule has 7 heteroatoms. The van der Waals surface area contributed by atoms with Crippen molar-refractivity contribution in [3.8, 4) is 5.75 Å². The minimum atomic E-state index is -1.10. The summed E-state index contributed by atoms with van der Waals surface area (Å²) in [5, 5.41) is 19.7. The number of fused-ring (bicyclic) bond motifs is 1. The third kappa shape index (κ3) is 2.97. The van der Waals surface area contributed by atoms with Gasteiger partial charge in [0.15, 0.2) is 11.6 Å². The van der Waals surface area contributed by atoms with Crippen molar-refractivity contribution in [3.63, 3.8) is 0 Å². The Kier molecular flexibility index (Phi) is 4.61. The molecule has 1 saturated carbocycles. The lowest BCUT2D eigenvalue weighted by atomic mass is 9.72. The average Bonchev–Trinajstić information content (AvgIpc) is 2.92. The smallest absolute Gasteiger partial charge is 0.311 e. The van der Waals surface area contributed by atoms with Crippen LogP contribution < -0.4 is 0 Å². The summed E-state index contributed by atoms with van der Waals surface area (Å²) >= 11 is 0. The van der Waals surface area contributed by atoms with Gasteiger partial charge in [-0.2, -0.15) is 0 Å². The highest BCUT2D eigenvalue weighted by molar-refractivity contribution is 6.05. The fourth-order valence-electron chi connectivity index (χ4n) is 4.21. The molecule has 5 nitrogen and oxygen atoms in total. The highest BCUT2D eigenvalue weighted by Gasteiger charge is 2.39. The number of phenols is 1. The van der Waals surface area contributed by atoms with Gasteiger partial charge < -0.3 is 10.2 Å². The van der Waals surface area contributed by atoms with Crippen LogP contribution >= 0.6 is 0 Å². The van der Waals surface area contributed by atoms with Crippen molar-refractivity contribution >= 4 is 22.8 Å². The molecular formula is C22H19F2NO4. The van der Waals surface area contributed by atoms with Crippen LogP contribution in [0.5, 0.6) is 5.75 Å². The van der Waals surface area contributed by atoms with E-state index in [0.717, 1.165) is 18.6 Å². The van der Waals surface area contributed by atoms with Gasteiger partial charge in [-0.15, -0.1) is 0 Å². The monoisotopic (exact) mass is 399 g/mol. The normalized spacial score (nSPS) is 15.3. The van der Waals surface area contributed by atoms with Crippen LogP contribution in [0.2, 0.25) is 0 Å². The maximum Gasteiger partial charge on any atom is 0.311 e. The first-order valence-corrected chi connectivity index (χ1v) is 9.36. The molecule has 0 amide bonds. The molecule has 29 heavy (non-hydrogen) atoms. The molecule has 0 radical (unpaired) electrons. The minimum Gasteiger partial charge on any atom is -0.505 e. The molecule has 4 rings (SSSR count). The van der Waals surface area contributed by atoms with Gasteiger partial charge in [-0.05, 0) is 61.6 Å². The Hall–Kier alpha value is -3.22. The molecule has 1 aliphatic rings. The lowest BCUT2D eigenvalue weighted by Crippen LogP contribution is -2.27. The van der Waals surface area contributed by atoms with Gasteiger partial charge in [-0.3, -0.25) is 14.2 Å². The summed E-state index contributed by atoms with van der Waals surface area (Å²) < 4.78 is 29.8. The van der Waals surface area contributed by atoms with E-state index in [1.807, 2.05) is 0 Å². The van der Waals surface area contributed by atoms with Crippen molar-refractivity contribution in [2.75, 3.05) is 0 Å². The molecule has 1 atom stereocenters. The summed E-state index contributed by atoms with van der Waals surface area (Å²) in [5.41, 5.74) is 0.668. The number of benzene rings is 2. The Morgan fingerprint density at radius 3 is 2.48 bits per heavy atom. The lowest BCUT2D eigenvalue weighted by molar-refractivity contribution is -0.141. The number of aromatic nitrogens is 1. The van der Waals surface area contributed by atoms with Crippen molar-refractivity contribution in [1.82, 2.24) is 4.57 Å². The predicted molar refractivity (Wildman–Crippen MR) is 102 cm³/mol. The standard InChI is InChI=1S/C22H19F2NO4/c1-11-17(18(22(28)29)12-4-2-5-12)19-15(8-9-16(26)20(19)24)25(11)21(27)13-6-3-7-14(23)10-13/h3,6-10,12,18,26H,2,4-5H2,1H3,(H,28,29). The van der Waals surface area contributed by atoms with Crippen LogP contribution in [0.1, 0.15) is 46.8 Å².